The summed E-state index contributed by atoms with van der Waals surface area (Å²) >= 11 is 0. The van der Waals surface area contributed by atoms with Gasteiger partial charge in [-0.15, -0.1) is 0 Å². The Morgan fingerprint density at radius 1 is 1.15 bits per heavy atom. The van der Waals surface area contributed by atoms with Gasteiger partial charge in [-0.05, 0) is 61.3 Å². The molecule has 0 saturated carbocycles. The van der Waals surface area contributed by atoms with Gasteiger partial charge in [0.05, 0.1) is 17.4 Å². The Balaban J connectivity index is 2.10. The van der Waals surface area contributed by atoms with E-state index in [-0.39, 0.29) is 0 Å². The van der Waals surface area contributed by atoms with E-state index in [2.05, 4.69) is 52.8 Å². The largest absolute Gasteiger partial charge is 0.360 e. The molecule has 106 valence electrons. The first-order valence-electron chi connectivity index (χ1n) is 7.71. The predicted molar refractivity (Wildman–Crippen MR) is 85.1 cm³/mol. The molecule has 1 unspecified atom stereocenters. The number of fused-ring (bicyclic) bond motifs is 2. The summed E-state index contributed by atoms with van der Waals surface area (Å²) < 4.78 is 6.18. The molecular formula is C19H25O+. The zero-order valence-electron chi connectivity index (χ0n) is 13.3. The van der Waals surface area contributed by atoms with Gasteiger partial charge in [0, 0.05) is 6.07 Å². The van der Waals surface area contributed by atoms with Gasteiger partial charge in [-0.1, -0.05) is 20.8 Å². The van der Waals surface area contributed by atoms with Gasteiger partial charge in [0.1, 0.15) is 0 Å². The molecule has 1 heteroatoms. The van der Waals surface area contributed by atoms with Crippen molar-refractivity contribution < 1.29 is 4.42 Å². The van der Waals surface area contributed by atoms with Crippen LogP contribution in [0.1, 0.15) is 49.6 Å². The minimum atomic E-state index is 0.383. The SMILES string of the molecule is Cc1ccc2[o+]c3c(cc2c1C)CC(C(C)(C)C)CC3. The Labute approximate surface area is 122 Å². The van der Waals surface area contributed by atoms with Crippen LogP contribution in [0.5, 0.6) is 0 Å². The molecule has 1 nitrogen and oxygen atoms in total. The molecule has 2 aromatic rings. The molecule has 0 radical (unpaired) electrons. The summed E-state index contributed by atoms with van der Waals surface area (Å²) in [6, 6.07) is 6.66. The molecule has 1 heterocycles. The molecule has 0 spiro atoms. The zero-order chi connectivity index (χ0) is 14.5. The summed E-state index contributed by atoms with van der Waals surface area (Å²) in [5.74, 6) is 1.97. The van der Waals surface area contributed by atoms with Gasteiger partial charge < -0.3 is 0 Å². The van der Waals surface area contributed by atoms with Crippen LogP contribution in [-0.2, 0) is 12.8 Å². The lowest BCUT2D eigenvalue weighted by molar-refractivity contribution is 0.208. The average molecular weight is 269 g/mol. The van der Waals surface area contributed by atoms with E-state index in [9.17, 15) is 0 Å². The van der Waals surface area contributed by atoms with Crippen LogP contribution in [0.4, 0.5) is 0 Å². The van der Waals surface area contributed by atoms with Crippen LogP contribution < -0.4 is 0 Å². The Hall–Kier alpha value is -1.37. The lowest BCUT2D eigenvalue weighted by Gasteiger charge is -2.32. The standard InChI is InChI=1S/C19H25O/c1-12-6-8-18-16(13(12)2)11-14-10-15(19(3,4)5)7-9-17(14)20-18/h6,8,11,15H,7,9-10H2,1-5H3/q+1. The Bertz CT molecular complexity index is 662. The van der Waals surface area contributed by atoms with Crippen LogP contribution in [0.3, 0.4) is 0 Å². The molecule has 0 N–H and O–H groups in total. The van der Waals surface area contributed by atoms with Crippen molar-refractivity contribution in [2.45, 2.75) is 53.9 Å². The average Bonchev–Trinajstić information content (AvgIpc) is 2.40. The van der Waals surface area contributed by atoms with Crippen molar-refractivity contribution >= 4 is 11.0 Å². The van der Waals surface area contributed by atoms with Gasteiger partial charge in [-0.2, -0.15) is 0 Å². The lowest BCUT2D eigenvalue weighted by Crippen LogP contribution is -2.26. The van der Waals surface area contributed by atoms with Crippen LogP contribution >= 0.6 is 0 Å². The van der Waals surface area contributed by atoms with Crippen LogP contribution in [0.15, 0.2) is 22.6 Å². The van der Waals surface area contributed by atoms with E-state index in [0.717, 1.165) is 24.3 Å². The van der Waals surface area contributed by atoms with Gasteiger partial charge in [0.25, 0.3) is 0 Å². The van der Waals surface area contributed by atoms with Crippen LogP contribution in [0.25, 0.3) is 11.0 Å². The maximum absolute atomic E-state index is 6.18. The molecule has 1 aliphatic carbocycles. The number of rotatable bonds is 0. The fourth-order valence-electron chi connectivity index (χ4n) is 3.33. The zero-order valence-corrected chi connectivity index (χ0v) is 13.3. The van der Waals surface area contributed by atoms with Crippen molar-refractivity contribution in [3.05, 3.63) is 40.6 Å². The smallest absolute Gasteiger partial charge is 0.212 e. The van der Waals surface area contributed by atoms with E-state index in [4.69, 9.17) is 4.42 Å². The molecule has 1 aromatic heterocycles. The second-order valence-electron chi connectivity index (χ2n) is 7.42. The van der Waals surface area contributed by atoms with Crippen LogP contribution in [0, 0.1) is 25.2 Å². The second-order valence-corrected chi connectivity index (χ2v) is 7.42. The Morgan fingerprint density at radius 2 is 1.90 bits per heavy atom. The second kappa shape index (κ2) is 4.58. The summed E-state index contributed by atoms with van der Waals surface area (Å²) in [5, 5.41) is 1.29. The quantitative estimate of drug-likeness (QED) is 0.576. The maximum atomic E-state index is 6.18. The Morgan fingerprint density at radius 3 is 2.60 bits per heavy atom. The van der Waals surface area contributed by atoms with E-state index < -0.39 is 0 Å². The van der Waals surface area contributed by atoms with Crippen LogP contribution in [0.2, 0.25) is 0 Å². The maximum Gasteiger partial charge on any atom is 0.360 e. The normalized spacial score (nSPS) is 19.1. The minimum absolute atomic E-state index is 0.383. The topological polar surface area (TPSA) is 11.3 Å². The fourth-order valence-corrected chi connectivity index (χ4v) is 3.33. The molecule has 1 aromatic carbocycles. The van der Waals surface area contributed by atoms with Crippen molar-refractivity contribution in [1.82, 2.24) is 0 Å². The number of aryl methyl sites for hydroxylation is 3. The highest BCUT2D eigenvalue weighted by atomic mass is 16.3. The van der Waals surface area contributed by atoms with Crippen molar-refractivity contribution in [3.63, 3.8) is 0 Å². The van der Waals surface area contributed by atoms with Gasteiger partial charge >= 0.3 is 11.3 Å². The van der Waals surface area contributed by atoms with Gasteiger partial charge in [0.15, 0.2) is 0 Å². The van der Waals surface area contributed by atoms with Gasteiger partial charge in [-0.25, -0.2) is 4.42 Å². The fraction of sp³-hybridized carbons (Fsp3) is 0.526. The molecule has 1 atom stereocenters. The summed E-state index contributed by atoms with van der Waals surface area (Å²) in [6.07, 6.45) is 3.49. The lowest BCUT2D eigenvalue weighted by atomic mass is 9.72. The minimum Gasteiger partial charge on any atom is -0.212 e. The van der Waals surface area contributed by atoms with Crippen molar-refractivity contribution in [2.75, 3.05) is 0 Å². The van der Waals surface area contributed by atoms with Crippen LogP contribution in [-0.4, -0.2) is 0 Å². The molecular weight excluding hydrogens is 244 g/mol. The van der Waals surface area contributed by atoms with E-state index in [1.165, 1.54) is 34.3 Å². The predicted octanol–water partition coefficient (Wildman–Crippen LogP) is 5.48. The molecule has 0 bridgehead atoms. The monoisotopic (exact) mass is 269 g/mol. The van der Waals surface area contributed by atoms with E-state index in [1.54, 1.807) is 0 Å². The van der Waals surface area contributed by atoms with E-state index in [0.29, 0.717) is 5.41 Å². The summed E-state index contributed by atoms with van der Waals surface area (Å²) in [6.45, 7) is 11.4. The third-order valence-electron chi connectivity index (χ3n) is 5.07. The molecule has 0 amide bonds. The highest BCUT2D eigenvalue weighted by Gasteiger charge is 2.34. The van der Waals surface area contributed by atoms with Crippen molar-refractivity contribution in [2.24, 2.45) is 11.3 Å². The summed E-state index contributed by atoms with van der Waals surface area (Å²) in [5.41, 5.74) is 5.55. The first kappa shape index (κ1) is 13.6. The molecule has 0 fully saturated rings. The Kier molecular flexibility index (Phi) is 3.12. The van der Waals surface area contributed by atoms with E-state index >= 15 is 0 Å². The first-order chi connectivity index (χ1) is 9.36. The number of benzene rings is 1. The number of hydrogen-bond donors (Lipinski definition) is 0. The highest BCUT2D eigenvalue weighted by Crippen LogP contribution is 2.39. The summed E-state index contributed by atoms with van der Waals surface area (Å²) in [7, 11) is 0. The highest BCUT2D eigenvalue weighted by molar-refractivity contribution is 5.82. The first-order valence-corrected chi connectivity index (χ1v) is 7.71. The van der Waals surface area contributed by atoms with E-state index in [1.807, 2.05) is 0 Å². The molecule has 1 aliphatic rings. The summed E-state index contributed by atoms with van der Waals surface area (Å²) in [4.78, 5) is 0. The van der Waals surface area contributed by atoms with Gasteiger partial charge in [-0.3, -0.25) is 0 Å². The number of hydrogen-bond acceptors (Lipinski definition) is 0. The molecule has 0 aliphatic heterocycles. The van der Waals surface area contributed by atoms with Gasteiger partial charge in [0.2, 0.25) is 0 Å². The van der Waals surface area contributed by atoms with Crippen molar-refractivity contribution in [3.8, 4) is 0 Å². The molecule has 0 saturated heterocycles. The third kappa shape index (κ3) is 2.24. The third-order valence-corrected chi connectivity index (χ3v) is 5.07. The molecule has 3 rings (SSSR count). The molecule has 20 heavy (non-hydrogen) atoms. The van der Waals surface area contributed by atoms with Crippen molar-refractivity contribution in [1.29, 1.82) is 0 Å².